The van der Waals surface area contributed by atoms with E-state index in [0.717, 1.165) is 10.0 Å². The second kappa shape index (κ2) is 5.39. The molecule has 1 aromatic rings. The van der Waals surface area contributed by atoms with Gasteiger partial charge >= 0.3 is 0 Å². The van der Waals surface area contributed by atoms with E-state index >= 15 is 0 Å². The van der Waals surface area contributed by atoms with Crippen molar-refractivity contribution in [3.8, 4) is 5.75 Å². The number of rotatable bonds is 3. The van der Waals surface area contributed by atoms with Gasteiger partial charge in [-0.3, -0.25) is 0 Å². The van der Waals surface area contributed by atoms with E-state index in [0.29, 0.717) is 10.8 Å². The molecule has 0 heterocycles. The Morgan fingerprint density at radius 2 is 2.29 bits per heavy atom. The van der Waals surface area contributed by atoms with Crippen LogP contribution in [0.15, 0.2) is 22.7 Å². The molecule has 1 aromatic carbocycles. The van der Waals surface area contributed by atoms with E-state index in [1.807, 2.05) is 0 Å². The number of aliphatic hydroxyl groups is 1. The summed E-state index contributed by atoms with van der Waals surface area (Å²) in [4.78, 5) is 0. The van der Waals surface area contributed by atoms with Crippen molar-refractivity contribution < 1.29 is 9.84 Å². The summed E-state index contributed by atoms with van der Waals surface area (Å²) in [6.45, 7) is -0.00666. The van der Waals surface area contributed by atoms with Crippen molar-refractivity contribution >= 4 is 33.6 Å². The van der Waals surface area contributed by atoms with Gasteiger partial charge in [-0.2, -0.15) is 0 Å². The van der Waals surface area contributed by atoms with Crippen molar-refractivity contribution in [2.45, 2.75) is 0 Å². The zero-order chi connectivity index (χ0) is 10.6. The van der Waals surface area contributed by atoms with Gasteiger partial charge in [0, 0.05) is 10.6 Å². The van der Waals surface area contributed by atoms with E-state index in [1.54, 1.807) is 31.4 Å². The normalized spacial score (nSPS) is 10.9. The Labute approximate surface area is 96.3 Å². The van der Waals surface area contributed by atoms with Crippen LogP contribution in [0.25, 0.3) is 6.08 Å². The van der Waals surface area contributed by atoms with Crippen LogP contribution in [-0.2, 0) is 0 Å². The number of ether oxygens (including phenoxy) is 1. The lowest BCUT2D eigenvalue weighted by molar-refractivity contribution is 0.343. The Balaban J connectivity index is 3.18. The lowest BCUT2D eigenvalue weighted by Gasteiger charge is -2.07. The summed E-state index contributed by atoms with van der Waals surface area (Å²) in [5, 5.41) is 9.28. The fraction of sp³-hybridized carbons (Fsp3) is 0.200. The van der Waals surface area contributed by atoms with Gasteiger partial charge in [0.15, 0.2) is 0 Å². The minimum atomic E-state index is -0.00666. The van der Waals surface area contributed by atoms with Crippen LogP contribution in [0.2, 0.25) is 5.02 Å². The molecule has 0 atom stereocenters. The molecule has 0 saturated heterocycles. The van der Waals surface area contributed by atoms with Gasteiger partial charge in [0.25, 0.3) is 0 Å². The molecule has 4 heteroatoms. The van der Waals surface area contributed by atoms with Gasteiger partial charge in [0.1, 0.15) is 5.75 Å². The summed E-state index contributed by atoms with van der Waals surface area (Å²) in [6, 6.07) is 3.54. The molecule has 0 amide bonds. The van der Waals surface area contributed by atoms with Gasteiger partial charge < -0.3 is 9.84 Å². The molecule has 14 heavy (non-hydrogen) atoms. The summed E-state index contributed by atoms with van der Waals surface area (Å²) in [6.07, 6.45) is 3.39. The highest BCUT2D eigenvalue weighted by Gasteiger charge is 2.06. The van der Waals surface area contributed by atoms with Gasteiger partial charge in [-0.05, 0) is 28.1 Å². The Morgan fingerprint density at radius 3 is 2.86 bits per heavy atom. The van der Waals surface area contributed by atoms with Gasteiger partial charge in [0.2, 0.25) is 0 Å². The molecule has 0 aliphatic heterocycles. The van der Waals surface area contributed by atoms with Crippen LogP contribution >= 0.6 is 27.5 Å². The Bertz CT molecular complexity index is 350. The predicted octanol–water partition coefficient (Wildman–Crippen LogP) is 3.12. The molecule has 0 unspecified atom stereocenters. The number of methoxy groups -OCH3 is 1. The third-order valence-corrected chi connectivity index (χ3v) is 2.45. The maximum Gasteiger partial charge on any atom is 0.140 e. The lowest BCUT2D eigenvalue weighted by atomic mass is 10.2. The first-order valence-electron chi connectivity index (χ1n) is 3.99. The van der Waals surface area contributed by atoms with Gasteiger partial charge in [0.05, 0.1) is 18.2 Å². The highest BCUT2D eigenvalue weighted by Crippen LogP contribution is 2.33. The third-order valence-electron chi connectivity index (χ3n) is 1.64. The van der Waals surface area contributed by atoms with Gasteiger partial charge in [-0.15, -0.1) is 0 Å². The summed E-state index contributed by atoms with van der Waals surface area (Å²) >= 11 is 9.22. The monoisotopic (exact) mass is 276 g/mol. The molecule has 0 aliphatic carbocycles. The molecule has 0 spiro atoms. The molecule has 0 aromatic heterocycles. The van der Waals surface area contributed by atoms with Crippen LogP contribution in [0.1, 0.15) is 5.56 Å². The maximum atomic E-state index is 8.66. The molecule has 0 fully saturated rings. The minimum absolute atomic E-state index is 0.00666. The summed E-state index contributed by atoms with van der Waals surface area (Å²) in [5.74, 6) is 0.708. The third kappa shape index (κ3) is 2.74. The quantitative estimate of drug-likeness (QED) is 0.920. The van der Waals surface area contributed by atoms with E-state index in [2.05, 4.69) is 15.9 Å². The lowest BCUT2D eigenvalue weighted by Crippen LogP contribution is -1.89. The van der Waals surface area contributed by atoms with Crippen molar-refractivity contribution in [1.82, 2.24) is 0 Å². The number of aliphatic hydroxyl groups excluding tert-OH is 1. The first-order chi connectivity index (χ1) is 6.69. The van der Waals surface area contributed by atoms with Crippen LogP contribution in [0.3, 0.4) is 0 Å². The van der Waals surface area contributed by atoms with E-state index in [9.17, 15) is 0 Å². The molecular formula is C10H10BrClO2. The van der Waals surface area contributed by atoms with Crippen LogP contribution < -0.4 is 4.74 Å². The fourth-order valence-electron chi connectivity index (χ4n) is 1.10. The van der Waals surface area contributed by atoms with E-state index in [-0.39, 0.29) is 6.61 Å². The SMILES string of the molecule is COc1c(Br)cc(Cl)cc1/C=C/CO. The first kappa shape index (κ1) is 11.6. The summed E-state index contributed by atoms with van der Waals surface area (Å²) < 4.78 is 5.99. The summed E-state index contributed by atoms with van der Waals surface area (Å²) in [5.41, 5.74) is 0.834. The Hall–Kier alpha value is -0.510. The van der Waals surface area contributed by atoms with Crippen molar-refractivity contribution in [2.24, 2.45) is 0 Å². The molecule has 1 N–H and O–H groups in total. The topological polar surface area (TPSA) is 29.5 Å². The minimum Gasteiger partial charge on any atom is -0.495 e. The van der Waals surface area contributed by atoms with E-state index < -0.39 is 0 Å². The maximum absolute atomic E-state index is 8.66. The van der Waals surface area contributed by atoms with Crippen LogP contribution in [-0.4, -0.2) is 18.8 Å². The van der Waals surface area contributed by atoms with Crippen molar-refractivity contribution in [2.75, 3.05) is 13.7 Å². The van der Waals surface area contributed by atoms with Crippen molar-refractivity contribution in [1.29, 1.82) is 0 Å². The van der Waals surface area contributed by atoms with E-state index in [1.165, 1.54) is 0 Å². The average Bonchev–Trinajstić information content (AvgIpc) is 2.14. The number of hydrogen-bond donors (Lipinski definition) is 1. The fourth-order valence-corrected chi connectivity index (χ4v) is 2.09. The molecule has 0 aliphatic rings. The highest BCUT2D eigenvalue weighted by atomic mass is 79.9. The molecular weight excluding hydrogens is 267 g/mol. The smallest absolute Gasteiger partial charge is 0.140 e. The standard InChI is InChI=1S/C10H10BrClO2/c1-14-10-7(3-2-4-13)5-8(12)6-9(10)11/h2-3,5-6,13H,4H2,1H3/b3-2+. The molecule has 2 nitrogen and oxygen atoms in total. The highest BCUT2D eigenvalue weighted by molar-refractivity contribution is 9.10. The summed E-state index contributed by atoms with van der Waals surface area (Å²) in [7, 11) is 1.59. The van der Waals surface area contributed by atoms with Crippen LogP contribution in [0.5, 0.6) is 5.75 Å². The zero-order valence-electron chi connectivity index (χ0n) is 7.63. The molecule has 76 valence electrons. The van der Waals surface area contributed by atoms with Crippen molar-refractivity contribution in [3.05, 3.63) is 33.3 Å². The van der Waals surface area contributed by atoms with Gasteiger partial charge in [-0.1, -0.05) is 23.8 Å². The second-order valence-electron chi connectivity index (χ2n) is 2.60. The van der Waals surface area contributed by atoms with Crippen LogP contribution in [0.4, 0.5) is 0 Å². The van der Waals surface area contributed by atoms with Crippen LogP contribution in [0, 0.1) is 0 Å². The number of halogens is 2. The van der Waals surface area contributed by atoms with Gasteiger partial charge in [-0.25, -0.2) is 0 Å². The van der Waals surface area contributed by atoms with E-state index in [4.69, 9.17) is 21.4 Å². The molecule has 1 rings (SSSR count). The Kier molecular flexibility index (Phi) is 4.45. The second-order valence-corrected chi connectivity index (χ2v) is 3.89. The first-order valence-corrected chi connectivity index (χ1v) is 5.16. The number of benzene rings is 1. The molecule has 0 saturated carbocycles. The molecule has 0 bridgehead atoms. The number of hydrogen-bond acceptors (Lipinski definition) is 2. The largest absolute Gasteiger partial charge is 0.495 e. The Morgan fingerprint density at radius 1 is 1.57 bits per heavy atom. The van der Waals surface area contributed by atoms with Crippen molar-refractivity contribution in [3.63, 3.8) is 0 Å². The zero-order valence-corrected chi connectivity index (χ0v) is 9.97. The molecule has 0 radical (unpaired) electrons. The average molecular weight is 278 g/mol. The predicted molar refractivity (Wildman–Crippen MR) is 61.8 cm³/mol.